The van der Waals surface area contributed by atoms with Crippen LogP contribution in [-0.4, -0.2) is 15.3 Å². The molecule has 0 radical (unpaired) electrons. The molecule has 3 aromatic rings. The number of aromatic hydroxyl groups is 1. The molecule has 1 aromatic heterocycles. The van der Waals surface area contributed by atoms with Gasteiger partial charge in [0.15, 0.2) is 0 Å². The molecule has 3 rings (SSSR count). The average molecular weight is 267 g/mol. The molecular formula is C15H13N3O2. The highest BCUT2D eigenvalue weighted by atomic mass is 16.4. The van der Waals surface area contributed by atoms with Crippen LogP contribution >= 0.6 is 0 Å². The van der Waals surface area contributed by atoms with Crippen LogP contribution in [0.15, 0.2) is 59.3 Å². The number of nitrogens with one attached hydrogen (secondary N) is 1. The van der Waals surface area contributed by atoms with Crippen molar-refractivity contribution in [1.82, 2.24) is 10.2 Å². The number of phenolic OH excluding ortho intramolecular Hbond substituents is 1. The van der Waals surface area contributed by atoms with Crippen molar-refractivity contribution >= 4 is 5.69 Å². The van der Waals surface area contributed by atoms with E-state index < -0.39 is 0 Å². The number of aromatic nitrogens is 2. The Balaban J connectivity index is 1.67. The lowest BCUT2D eigenvalue weighted by molar-refractivity contribution is 0.474. The van der Waals surface area contributed by atoms with E-state index in [1.807, 2.05) is 36.4 Å². The summed E-state index contributed by atoms with van der Waals surface area (Å²) < 4.78 is 5.13. The zero-order valence-corrected chi connectivity index (χ0v) is 10.7. The molecule has 0 saturated heterocycles. The van der Waals surface area contributed by atoms with Crippen LogP contribution in [0.2, 0.25) is 0 Å². The van der Waals surface area contributed by atoms with Gasteiger partial charge in [-0.25, -0.2) is 0 Å². The third kappa shape index (κ3) is 2.77. The van der Waals surface area contributed by atoms with Crippen molar-refractivity contribution in [2.45, 2.75) is 6.54 Å². The van der Waals surface area contributed by atoms with Crippen molar-refractivity contribution in [3.63, 3.8) is 0 Å². The van der Waals surface area contributed by atoms with Crippen molar-refractivity contribution < 1.29 is 9.52 Å². The van der Waals surface area contributed by atoms with Gasteiger partial charge in [0.05, 0.1) is 0 Å². The van der Waals surface area contributed by atoms with Crippen LogP contribution in [0.25, 0.3) is 11.5 Å². The first kappa shape index (κ1) is 12.2. The average Bonchev–Trinajstić information content (AvgIpc) is 3.00. The minimum absolute atomic E-state index is 0.274. The maximum atomic E-state index is 9.40. The molecule has 5 heteroatoms. The smallest absolute Gasteiger partial charge is 0.247 e. The van der Waals surface area contributed by atoms with E-state index in [1.165, 1.54) is 6.39 Å². The summed E-state index contributed by atoms with van der Waals surface area (Å²) in [7, 11) is 0. The van der Waals surface area contributed by atoms with Gasteiger partial charge in [-0.2, -0.15) is 0 Å². The number of hydrogen-bond donors (Lipinski definition) is 2. The van der Waals surface area contributed by atoms with E-state index in [-0.39, 0.29) is 5.75 Å². The highest BCUT2D eigenvalue weighted by Crippen LogP contribution is 2.19. The lowest BCUT2D eigenvalue weighted by Crippen LogP contribution is -1.98. The molecule has 0 aliphatic rings. The molecule has 0 amide bonds. The van der Waals surface area contributed by atoms with Gasteiger partial charge in [0, 0.05) is 17.8 Å². The Bertz CT molecular complexity index is 679. The second kappa shape index (κ2) is 5.44. The Kier molecular flexibility index (Phi) is 3.33. The van der Waals surface area contributed by atoms with E-state index in [0.29, 0.717) is 12.4 Å². The van der Waals surface area contributed by atoms with Gasteiger partial charge in [-0.15, -0.1) is 10.2 Å². The molecule has 0 aliphatic heterocycles. The third-order valence-corrected chi connectivity index (χ3v) is 2.90. The van der Waals surface area contributed by atoms with Crippen molar-refractivity contribution in [3.05, 3.63) is 60.5 Å². The summed E-state index contributed by atoms with van der Waals surface area (Å²) in [5, 5.41) is 20.2. The number of nitrogens with zero attached hydrogens (tertiary/aromatic N) is 2. The monoisotopic (exact) mass is 267 g/mol. The van der Waals surface area contributed by atoms with Crippen LogP contribution in [0.1, 0.15) is 5.56 Å². The topological polar surface area (TPSA) is 71.2 Å². The van der Waals surface area contributed by atoms with E-state index >= 15 is 0 Å². The number of anilines is 1. The van der Waals surface area contributed by atoms with Crippen molar-refractivity contribution in [2.75, 3.05) is 5.32 Å². The van der Waals surface area contributed by atoms with E-state index in [1.54, 1.807) is 12.1 Å². The maximum Gasteiger partial charge on any atom is 0.247 e. The summed E-state index contributed by atoms with van der Waals surface area (Å²) in [5.74, 6) is 0.778. The number of rotatable bonds is 4. The van der Waals surface area contributed by atoms with Crippen LogP contribution in [0.4, 0.5) is 5.69 Å². The Labute approximate surface area is 115 Å². The number of benzene rings is 2. The molecule has 5 nitrogen and oxygen atoms in total. The summed E-state index contributed by atoms with van der Waals surface area (Å²) >= 11 is 0. The lowest BCUT2D eigenvalue weighted by atomic mass is 10.2. The molecule has 2 N–H and O–H groups in total. The lowest BCUT2D eigenvalue weighted by Gasteiger charge is -2.07. The highest BCUT2D eigenvalue weighted by molar-refractivity contribution is 5.58. The fraction of sp³-hybridized carbons (Fsp3) is 0.0667. The quantitative estimate of drug-likeness (QED) is 0.760. The third-order valence-electron chi connectivity index (χ3n) is 2.90. The normalized spacial score (nSPS) is 10.4. The molecule has 0 fully saturated rings. The molecule has 0 bridgehead atoms. The number of hydrogen-bond acceptors (Lipinski definition) is 5. The van der Waals surface area contributed by atoms with E-state index in [0.717, 1.165) is 16.8 Å². The van der Waals surface area contributed by atoms with Gasteiger partial charge < -0.3 is 14.8 Å². The molecule has 20 heavy (non-hydrogen) atoms. The van der Waals surface area contributed by atoms with Crippen molar-refractivity contribution in [2.24, 2.45) is 0 Å². The molecular weight excluding hydrogens is 254 g/mol. The van der Waals surface area contributed by atoms with Gasteiger partial charge in [0.1, 0.15) is 5.75 Å². The standard InChI is InChI=1S/C15H13N3O2/c19-14-3-1-2-11(8-14)9-16-13-6-4-12(5-7-13)15-18-17-10-20-15/h1-8,10,16,19H,9H2. The first-order valence-electron chi connectivity index (χ1n) is 6.20. The molecule has 100 valence electrons. The van der Waals surface area contributed by atoms with E-state index in [2.05, 4.69) is 15.5 Å². The summed E-state index contributed by atoms with van der Waals surface area (Å²) in [6, 6.07) is 14.9. The summed E-state index contributed by atoms with van der Waals surface area (Å²) in [6.07, 6.45) is 1.31. The number of phenols is 1. The van der Waals surface area contributed by atoms with Crippen LogP contribution in [0, 0.1) is 0 Å². The van der Waals surface area contributed by atoms with Crippen molar-refractivity contribution in [3.8, 4) is 17.2 Å². The van der Waals surface area contributed by atoms with Gasteiger partial charge in [0.2, 0.25) is 12.3 Å². The molecule has 0 spiro atoms. The largest absolute Gasteiger partial charge is 0.508 e. The van der Waals surface area contributed by atoms with Gasteiger partial charge >= 0.3 is 0 Å². The molecule has 0 aliphatic carbocycles. The summed E-state index contributed by atoms with van der Waals surface area (Å²) in [4.78, 5) is 0. The van der Waals surface area contributed by atoms with Crippen LogP contribution in [0.5, 0.6) is 5.75 Å². The van der Waals surface area contributed by atoms with Crippen LogP contribution < -0.4 is 5.32 Å². The Morgan fingerprint density at radius 2 is 1.95 bits per heavy atom. The zero-order chi connectivity index (χ0) is 13.8. The molecule has 1 heterocycles. The first-order valence-corrected chi connectivity index (χ1v) is 6.20. The van der Waals surface area contributed by atoms with Crippen LogP contribution in [-0.2, 0) is 6.54 Å². The minimum atomic E-state index is 0.274. The predicted molar refractivity (Wildman–Crippen MR) is 75.2 cm³/mol. The minimum Gasteiger partial charge on any atom is -0.508 e. The Morgan fingerprint density at radius 1 is 1.10 bits per heavy atom. The Hall–Kier alpha value is -2.82. The SMILES string of the molecule is Oc1cccc(CNc2ccc(-c3nnco3)cc2)c1. The van der Waals surface area contributed by atoms with Crippen LogP contribution in [0.3, 0.4) is 0 Å². The van der Waals surface area contributed by atoms with Gasteiger partial charge in [0.25, 0.3) is 0 Å². The van der Waals surface area contributed by atoms with E-state index in [9.17, 15) is 5.11 Å². The predicted octanol–water partition coefficient (Wildman–Crippen LogP) is 3.05. The summed E-state index contributed by atoms with van der Waals surface area (Å²) in [6.45, 7) is 0.647. The fourth-order valence-electron chi connectivity index (χ4n) is 1.90. The zero-order valence-electron chi connectivity index (χ0n) is 10.7. The second-order valence-corrected chi connectivity index (χ2v) is 4.34. The highest BCUT2D eigenvalue weighted by Gasteiger charge is 2.02. The molecule has 2 aromatic carbocycles. The fourth-order valence-corrected chi connectivity index (χ4v) is 1.90. The summed E-state index contributed by atoms with van der Waals surface area (Å²) in [5.41, 5.74) is 2.88. The maximum absolute atomic E-state index is 9.40. The second-order valence-electron chi connectivity index (χ2n) is 4.34. The van der Waals surface area contributed by atoms with E-state index in [4.69, 9.17) is 4.42 Å². The molecule has 0 unspecified atom stereocenters. The van der Waals surface area contributed by atoms with Crippen molar-refractivity contribution in [1.29, 1.82) is 0 Å². The first-order chi connectivity index (χ1) is 9.81. The van der Waals surface area contributed by atoms with Gasteiger partial charge in [-0.05, 0) is 42.0 Å². The van der Waals surface area contributed by atoms with Gasteiger partial charge in [-0.1, -0.05) is 12.1 Å². The molecule has 0 atom stereocenters. The van der Waals surface area contributed by atoms with Gasteiger partial charge in [-0.3, -0.25) is 0 Å². The molecule has 0 saturated carbocycles. The Morgan fingerprint density at radius 3 is 2.65 bits per heavy atom.